The van der Waals surface area contributed by atoms with Crippen LogP contribution in [0.5, 0.6) is 0 Å². The SMILES string of the molecule is Cc1ccc(N=Cc2ccn(C3CCCC3)c2)cc1C. The lowest BCUT2D eigenvalue weighted by Gasteiger charge is -2.10. The summed E-state index contributed by atoms with van der Waals surface area (Å²) in [6.45, 7) is 4.26. The van der Waals surface area contributed by atoms with Gasteiger partial charge in [0.2, 0.25) is 0 Å². The van der Waals surface area contributed by atoms with Gasteiger partial charge in [0.1, 0.15) is 0 Å². The molecule has 0 unspecified atom stereocenters. The first kappa shape index (κ1) is 13.2. The minimum atomic E-state index is 0.707. The van der Waals surface area contributed by atoms with Gasteiger partial charge in [-0.05, 0) is 56.0 Å². The van der Waals surface area contributed by atoms with Crippen molar-refractivity contribution in [3.05, 3.63) is 53.3 Å². The van der Waals surface area contributed by atoms with Gasteiger partial charge in [0, 0.05) is 30.2 Å². The van der Waals surface area contributed by atoms with Crippen LogP contribution >= 0.6 is 0 Å². The maximum absolute atomic E-state index is 4.58. The summed E-state index contributed by atoms with van der Waals surface area (Å²) in [6.07, 6.45) is 11.8. The Balaban J connectivity index is 1.73. The zero-order chi connectivity index (χ0) is 13.9. The largest absolute Gasteiger partial charge is 0.351 e. The maximum atomic E-state index is 4.58. The van der Waals surface area contributed by atoms with E-state index in [0.29, 0.717) is 6.04 Å². The molecule has 0 saturated heterocycles. The number of aliphatic imine (C=N–C) groups is 1. The molecule has 0 amide bonds. The van der Waals surface area contributed by atoms with Gasteiger partial charge in [-0.15, -0.1) is 0 Å². The van der Waals surface area contributed by atoms with Crippen molar-refractivity contribution in [1.82, 2.24) is 4.57 Å². The van der Waals surface area contributed by atoms with Crippen LogP contribution in [0.1, 0.15) is 48.4 Å². The Morgan fingerprint density at radius 3 is 2.65 bits per heavy atom. The fourth-order valence-electron chi connectivity index (χ4n) is 2.89. The molecular formula is C18H22N2. The molecule has 0 atom stereocenters. The van der Waals surface area contributed by atoms with Gasteiger partial charge in [-0.2, -0.15) is 0 Å². The van der Waals surface area contributed by atoms with Gasteiger partial charge in [0.25, 0.3) is 0 Å². The third-order valence-corrected chi connectivity index (χ3v) is 4.34. The summed E-state index contributed by atoms with van der Waals surface area (Å²) < 4.78 is 2.36. The number of benzene rings is 1. The average Bonchev–Trinajstić information content (AvgIpc) is 3.09. The Morgan fingerprint density at radius 2 is 1.90 bits per heavy atom. The molecule has 1 heterocycles. The molecule has 2 heteroatoms. The number of nitrogens with zero attached hydrogens (tertiary/aromatic N) is 2. The first-order valence-corrected chi connectivity index (χ1v) is 7.51. The summed E-state index contributed by atoms with van der Waals surface area (Å²) in [5.74, 6) is 0. The van der Waals surface area contributed by atoms with Crippen molar-refractivity contribution in [3.8, 4) is 0 Å². The lowest BCUT2D eigenvalue weighted by Crippen LogP contribution is -2.00. The Hall–Kier alpha value is -1.83. The van der Waals surface area contributed by atoms with E-state index < -0.39 is 0 Å². The predicted octanol–water partition coefficient (Wildman–Crippen LogP) is 4.97. The smallest absolute Gasteiger partial charge is 0.0632 e. The summed E-state index contributed by atoms with van der Waals surface area (Å²) in [5.41, 5.74) is 4.83. The molecule has 0 radical (unpaired) electrons. The quantitative estimate of drug-likeness (QED) is 0.698. The zero-order valence-electron chi connectivity index (χ0n) is 12.3. The molecule has 0 bridgehead atoms. The molecular weight excluding hydrogens is 244 g/mol. The Bertz CT molecular complexity index is 616. The molecule has 1 aromatic heterocycles. The maximum Gasteiger partial charge on any atom is 0.0632 e. The van der Waals surface area contributed by atoms with Crippen LogP contribution in [0.25, 0.3) is 0 Å². The summed E-state index contributed by atoms with van der Waals surface area (Å²) in [5, 5.41) is 0. The molecule has 2 nitrogen and oxygen atoms in total. The second-order valence-corrected chi connectivity index (χ2v) is 5.86. The van der Waals surface area contributed by atoms with E-state index in [1.54, 1.807) is 0 Å². The van der Waals surface area contributed by atoms with E-state index in [0.717, 1.165) is 5.69 Å². The van der Waals surface area contributed by atoms with E-state index in [1.807, 2.05) is 6.21 Å². The van der Waals surface area contributed by atoms with E-state index in [9.17, 15) is 0 Å². The van der Waals surface area contributed by atoms with Gasteiger partial charge < -0.3 is 4.57 Å². The highest BCUT2D eigenvalue weighted by Gasteiger charge is 2.15. The molecule has 104 valence electrons. The summed E-state index contributed by atoms with van der Waals surface area (Å²) >= 11 is 0. The second-order valence-electron chi connectivity index (χ2n) is 5.86. The topological polar surface area (TPSA) is 17.3 Å². The standard InChI is InChI=1S/C18H22N2/c1-14-7-8-17(11-15(14)2)19-12-16-9-10-20(13-16)18-5-3-4-6-18/h7-13,18H,3-6H2,1-2H3. The van der Waals surface area contributed by atoms with Crippen molar-refractivity contribution >= 4 is 11.9 Å². The van der Waals surface area contributed by atoms with Gasteiger partial charge >= 0.3 is 0 Å². The average molecular weight is 266 g/mol. The minimum absolute atomic E-state index is 0.707. The highest BCUT2D eigenvalue weighted by atomic mass is 15.0. The summed E-state index contributed by atoms with van der Waals surface area (Å²) in [7, 11) is 0. The fraction of sp³-hybridized carbons (Fsp3) is 0.389. The Kier molecular flexibility index (Phi) is 3.72. The van der Waals surface area contributed by atoms with Crippen LogP contribution in [0.2, 0.25) is 0 Å². The van der Waals surface area contributed by atoms with Crippen molar-refractivity contribution < 1.29 is 0 Å². The van der Waals surface area contributed by atoms with Crippen LogP contribution in [0.3, 0.4) is 0 Å². The highest BCUT2D eigenvalue weighted by Crippen LogP contribution is 2.29. The van der Waals surface area contributed by atoms with E-state index in [1.165, 1.54) is 42.4 Å². The van der Waals surface area contributed by atoms with Crippen LogP contribution < -0.4 is 0 Å². The van der Waals surface area contributed by atoms with E-state index in [4.69, 9.17) is 0 Å². The predicted molar refractivity (Wildman–Crippen MR) is 85.1 cm³/mol. The normalized spacial score (nSPS) is 16.3. The van der Waals surface area contributed by atoms with Gasteiger partial charge in [-0.1, -0.05) is 18.9 Å². The second kappa shape index (κ2) is 5.66. The summed E-state index contributed by atoms with van der Waals surface area (Å²) in [4.78, 5) is 4.58. The number of rotatable bonds is 3. The monoisotopic (exact) mass is 266 g/mol. The van der Waals surface area contributed by atoms with E-state index in [-0.39, 0.29) is 0 Å². The molecule has 0 spiro atoms. The van der Waals surface area contributed by atoms with Crippen LogP contribution in [-0.2, 0) is 0 Å². The van der Waals surface area contributed by atoms with Crippen LogP contribution in [0.4, 0.5) is 5.69 Å². The molecule has 2 aromatic rings. The molecule has 1 aliphatic carbocycles. The van der Waals surface area contributed by atoms with Gasteiger partial charge in [0.15, 0.2) is 0 Å². The van der Waals surface area contributed by atoms with Crippen LogP contribution in [0, 0.1) is 13.8 Å². The zero-order valence-corrected chi connectivity index (χ0v) is 12.3. The summed E-state index contributed by atoms with van der Waals surface area (Å²) in [6, 6.07) is 9.21. The molecule has 1 aromatic carbocycles. The van der Waals surface area contributed by atoms with Crippen molar-refractivity contribution in [3.63, 3.8) is 0 Å². The molecule has 3 rings (SSSR count). The number of aromatic nitrogens is 1. The lowest BCUT2D eigenvalue weighted by atomic mass is 10.1. The molecule has 1 saturated carbocycles. The van der Waals surface area contributed by atoms with Crippen LogP contribution in [0.15, 0.2) is 41.7 Å². The Morgan fingerprint density at radius 1 is 1.10 bits per heavy atom. The first-order valence-electron chi connectivity index (χ1n) is 7.51. The third-order valence-electron chi connectivity index (χ3n) is 4.34. The Labute approximate surface area is 121 Å². The van der Waals surface area contributed by atoms with Crippen molar-refractivity contribution in [1.29, 1.82) is 0 Å². The van der Waals surface area contributed by atoms with Crippen molar-refractivity contribution in [2.24, 2.45) is 4.99 Å². The van der Waals surface area contributed by atoms with Gasteiger partial charge in [-0.3, -0.25) is 4.99 Å². The molecule has 0 N–H and O–H groups in total. The lowest BCUT2D eigenvalue weighted by molar-refractivity contribution is 0.521. The number of hydrogen-bond donors (Lipinski definition) is 0. The molecule has 0 aliphatic heterocycles. The fourth-order valence-corrected chi connectivity index (χ4v) is 2.89. The first-order chi connectivity index (χ1) is 9.72. The van der Waals surface area contributed by atoms with Crippen molar-refractivity contribution in [2.75, 3.05) is 0 Å². The highest BCUT2D eigenvalue weighted by molar-refractivity contribution is 5.81. The minimum Gasteiger partial charge on any atom is -0.351 e. The van der Waals surface area contributed by atoms with Gasteiger partial charge in [0.05, 0.1) is 5.69 Å². The molecule has 1 aliphatic rings. The van der Waals surface area contributed by atoms with Crippen LogP contribution in [-0.4, -0.2) is 10.8 Å². The van der Waals surface area contributed by atoms with E-state index in [2.05, 4.69) is 60.1 Å². The molecule has 20 heavy (non-hydrogen) atoms. The number of aryl methyl sites for hydroxylation is 2. The third kappa shape index (κ3) is 2.84. The molecule has 1 fully saturated rings. The number of hydrogen-bond acceptors (Lipinski definition) is 1. The van der Waals surface area contributed by atoms with Gasteiger partial charge in [-0.25, -0.2) is 0 Å². The van der Waals surface area contributed by atoms with Crippen molar-refractivity contribution in [2.45, 2.75) is 45.6 Å². The van der Waals surface area contributed by atoms with E-state index >= 15 is 0 Å².